The molecule has 1 atom stereocenters. The van der Waals surface area contributed by atoms with Crippen molar-refractivity contribution in [3.05, 3.63) is 52.5 Å². The maximum Gasteiger partial charge on any atom is 0.229 e. The van der Waals surface area contributed by atoms with Gasteiger partial charge in [-0.1, -0.05) is 29.0 Å². The molecule has 0 radical (unpaired) electrons. The molecule has 1 unspecified atom stereocenters. The van der Waals surface area contributed by atoms with E-state index in [2.05, 4.69) is 33.0 Å². The number of nitroso groups, excluding NO2 is 1. The highest BCUT2D eigenvalue weighted by molar-refractivity contribution is 7.92. The number of likely N-dealkylation sites (tertiary alicyclic amines) is 1. The Morgan fingerprint density at radius 1 is 1.27 bits per heavy atom. The van der Waals surface area contributed by atoms with Crippen LogP contribution in [0.4, 0.5) is 5.69 Å². The van der Waals surface area contributed by atoms with E-state index in [9.17, 15) is 13.3 Å². The molecule has 0 bridgehead atoms. The molecule has 4 rings (SSSR count). The molecular formula is C22H29N3O4S. The second-order valence-corrected chi connectivity index (χ2v) is 10.3. The molecule has 1 spiro atoms. The summed E-state index contributed by atoms with van der Waals surface area (Å²) in [5.74, 6) is 0.635. The Hall–Kier alpha value is -2.19. The van der Waals surface area contributed by atoms with E-state index in [1.807, 2.05) is 0 Å². The zero-order valence-electron chi connectivity index (χ0n) is 17.3. The van der Waals surface area contributed by atoms with Crippen LogP contribution >= 0.6 is 0 Å². The Balaban J connectivity index is 1.41. The molecule has 1 N–H and O–H groups in total. The molecule has 0 saturated carbocycles. The first kappa shape index (κ1) is 21.1. The Kier molecular flexibility index (Phi) is 5.97. The summed E-state index contributed by atoms with van der Waals surface area (Å²) in [6.07, 6.45) is 13.5. The molecule has 1 aromatic rings. The van der Waals surface area contributed by atoms with Gasteiger partial charge in [0.2, 0.25) is 10.0 Å². The minimum Gasteiger partial charge on any atom is -0.487 e. The smallest absolute Gasteiger partial charge is 0.229 e. The number of ether oxygens (including phenoxy) is 1. The molecule has 7 nitrogen and oxygen atoms in total. The fraction of sp³-hybridized carbons (Fsp3) is 0.545. The van der Waals surface area contributed by atoms with Gasteiger partial charge in [-0.05, 0) is 50.3 Å². The van der Waals surface area contributed by atoms with E-state index in [0.29, 0.717) is 23.4 Å². The van der Waals surface area contributed by atoms with Crippen molar-refractivity contribution in [1.82, 2.24) is 4.90 Å². The van der Waals surface area contributed by atoms with Crippen LogP contribution in [0.15, 0.2) is 47.2 Å². The summed E-state index contributed by atoms with van der Waals surface area (Å²) in [4.78, 5) is 14.1. The van der Waals surface area contributed by atoms with Crippen LogP contribution in [-0.4, -0.2) is 44.8 Å². The Morgan fingerprint density at radius 3 is 2.73 bits per heavy atom. The van der Waals surface area contributed by atoms with Crippen molar-refractivity contribution in [3.63, 3.8) is 0 Å². The SMILES string of the molecule is CS(=O)(=O)Nc1ccc2c(c1)C(N=O)CC1(CCN(CCC3=CCCC=C3)CC1)O2. The number of fused-ring (bicyclic) bond motifs is 1. The topological polar surface area (TPSA) is 88.1 Å². The predicted octanol–water partition coefficient (Wildman–Crippen LogP) is 4.15. The molecule has 8 heteroatoms. The first-order valence-corrected chi connectivity index (χ1v) is 12.5. The number of rotatable bonds is 6. The van der Waals surface area contributed by atoms with Gasteiger partial charge in [-0.25, -0.2) is 8.42 Å². The normalized spacial score (nSPS) is 23.4. The second-order valence-electron chi connectivity index (χ2n) is 8.59. The van der Waals surface area contributed by atoms with Crippen molar-refractivity contribution >= 4 is 15.7 Å². The molecule has 1 fully saturated rings. The number of benzene rings is 1. The van der Waals surface area contributed by atoms with Gasteiger partial charge in [-0.2, -0.15) is 4.91 Å². The maximum absolute atomic E-state index is 11.6. The Labute approximate surface area is 178 Å². The molecule has 2 heterocycles. The molecule has 0 amide bonds. The van der Waals surface area contributed by atoms with Gasteiger partial charge in [0.25, 0.3) is 0 Å². The quantitative estimate of drug-likeness (QED) is 0.684. The minimum absolute atomic E-state index is 0.377. The first-order chi connectivity index (χ1) is 14.4. The van der Waals surface area contributed by atoms with Gasteiger partial charge in [-0.15, -0.1) is 0 Å². The number of piperidine rings is 1. The lowest BCUT2D eigenvalue weighted by molar-refractivity contribution is -0.0212. The summed E-state index contributed by atoms with van der Waals surface area (Å²) in [5, 5.41) is 3.36. The molecule has 3 aliphatic rings. The van der Waals surface area contributed by atoms with Crippen molar-refractivity contribution < 1.29 is 13.2 Å². The maximum atomic E-state index is 11.6. The first-order valence-electron chi connectivity index (χ1n) is 10.6. The summed E-state index contributed by atoms with van der Waals surface area (Å²) in [6.45, 7) is 2.91. The van der Waals surface area contributed by atoms with Gasteiger partial charge >= 0.3 is 0 Å². The van der Waals surface area contributed by atoms with Crippen molar-refractivity contribution in [2.75, 3.05) is 30.6 Å². The highest BCUT2D eigenvalue weighted by atomic mass is 32.2. The molecule has 2 aliphatic heterocycles. The van der Waals surface area contributed by atoms with Gasteiger partial charge in [-0.3, -0.25) is 4.72 Å². The third-order valence-electron chi connectivity index (χ3n) is 6.25. The average molecular weight is 432 g/mol. The molecule has 1 saturated heterocycles. The number of allylic oxidation sites excluding steroid dienone is 3. The number of sulfonamides is 1. The van der Waals surface area contributed by atoms with Gasteiger partial charge < -0.3 is 9.64 Å². The molecule has 30 heavy (non-hydrogen) atoms. The molecule has 0 aromatic heterocycles. The van der Waals surface area contributed by atoms with Crippen molar-refractivity contribution in [1.29, 1.82) is 0 Å². The molecule has 1 aromatic carbocycles. The van der Waals surface area contributed by atoms with E-state index in [4.69, 9.17) is 4.74 Å². The minimum atomic E-state index is -3.39. The molecule has 162 valence electrons. The highest BCUT2D eigenvalue weighted by Gasteiger charge is 2.44. The summed E-state index contributed by atoms with van der Waals surface area (Å²) in [5.41, 5.74) is 2.12. The van der Waals surface area contributed by atoms with E-state index >= 15 is 0 Å². The molecular weight excluding hydrogens is 402 g/mol. The Morgan fingerprint density at radius 2 is 2.07 bits per heavy atom. The zero-order valence-corrected chi connectivity index (χ0v) is 18.2. The van der Waals surface area contributed by atoms with Crippen LogP contribution in [0.25, 0.3) is 0 Å². The third-order valence-corrected chi connectivity index (χ3v) is 6.85. The lowest BCUT2D eigenvalue weighted by atomic mass is 9.80. The summed E-state index contributed by atoms with van der Waals surface area (Å²) in [6, 6.07) is 4.55. The number of hydrogen-bond donors (Lipinski definition) is 1. The zero-order chi connectivity index (χ0) is 21.2. The highest BCUT2D eigenvalue weighted by Crippen LogP contribution is 2.46. The van der Waals surface area contributed by atoms with Crippen LogP contribution in [0.3, 0.4) is 0 Å². The lowest BCUT2D eigenvalue weighted by Crippen LogP contribution is -2.50. The van der Waals surface area contributed by atoms with Crippen molar-refractivity contribution in [2.24, 2.45) is 5.18 Å². The number of hydrogen-bond acceptors (Lipinski definition) is 6. The van der Waals surface area contributed by atoms with E-state index in [1.54, 1.807) is 18.2 Å². The van der Waals surface area contributed by atoms with Gasteiger partial charge in [0.1, 0.15) is 17.4 Å². The second kappa shape index (κ2) is 8.51. The van der Waals surface area contributed by atoms with Gasteiger partial charge in [0.15, 0.2) is 0 Å². The van der Waals surface area contributed by atoms with Crippen LogP contribution in [-0.2, 0) is 10.0 Å². The fourth-order valence-electron chi connectivity index (χ4n) is 4.64. The van der Waals surface area contributed by atoms with E-state index in [-0.39, 0.29) is 5.60 Å². The van der Waals surface area contributed by atoms with Gasteiger partial charge in [0, 0.05) is 37.3 Å². The van der Waals surface area contributed by atoms with Crippen molar-refractivity contribution in [2.45, 2.75) is 50.2 Å². The largest absolute Gasteiger partial charge is 0.487 e. The van der Waals surface area contributed by atoms with E-state index in [0.717, 1.165) is 58.0 Å². The van der Waals surface area contributed by atoms with Gasteiger partial charge in [0.05, 0.1) is 6.26 Å². The number of nitrogens with zero attached hydrogens (tertiary/aromatic N) is 2. The van der Waals surface area contributed by atoms with E-state index < -0.39 is 16.1 Å². The van der Waals surface area contributed by atoms with Crippen LogP contribution in [0.1, 0.15) is 50.1 Å². The Bertz CT molecular complexity index is 963. The molecule has 1 aliphatic carbocycles. The van der Waals surface area contributed by atoms with Crippen LogP contribution in [0, 0.1) is 4.91 Å². The van der Waals surface area contributed by atoms with Crippen molar-refractivity contribution in [3.8, 4) is 5.75 Å². The van der Waals surface area contributed by atoms with E-state index in [1.165, 1.54) is 5.57 Å². The van der Waals surface area contributed by atoms with Crippen LogP contribution in [0.5, 0.6) is 5.75 Å². The number of nitrogens with one attached hydrogen (secondary N) is 1. The van der Waals surface area contributed by atoms with Crippen LogP contribution < -0.4 is 9.46 Å². The monoisotopic (exact) mass is 431 g/mol. The predicted molar refractivity (Wildman–Crippen MR) is 118 cm³/mol. The summed E-state index contributed by atoms with van der Waals surface area (Å²) in [7, 11) is -3.39. The average Bonchev–Trinajstić information content (AvgIpc) is 2.73. The standard InChI is InChI=1S/C22H29N3O4S/c1-30(27,28)24-18-7-8-21-19(15-18)20(23-26)16-22(29-21)10-13-25(14-11-22)12-9-17-5-3-2-4-6-17/h3,5-8,15,20,24H,2,4,9-14,16H2,1H3. The summed E-state index contributed by atoms with van der Waals surface area (Å²) < 4.78 is 31.9. The lowest BCUT2D eigenvalue weighted by Gasteiger charge is -2.45. The number of anilines is 1. The fourth-order valence-corrected chi connectivity index (χ4v) is 5.20. The third kappa shape index (κ3) is 4.92. The summed E-state index contributed by atoms with van der Waals surface area (Å²) >= 11 is 0. The van der Waals surface area contributed by atoms with Crippen LogP contribution in [0.2, 0.25) is 0 Å².